The normalized spacial score (nSPS) is 12.7. The molecule has 108 valence electrons. The van der Waals surface area contributed by atoms with E-state index in [1.807, 2.05) is 31.8 Å². The van der Waals surface area contributed by atoms with E-state index in [2.05, 4.69) is 10.4 Å². The first-order valence-electron chi connectivity index (χ1n) is 6.61. The number of aromatic nitrogens is 2. The predicted molar refractivity (Wildman–Crippen MR) is 79.6 cm³/mol. The van der Waals surface area contributed by atoms with Gasteiger partial charge in [-0.05, 0) is 38.1 Å². The summed E-state index contributed by atoms with van der Waals surface area (Å²) in [7, 11) is 3.80. The van der Waals surface area contributed by atoms with Crippen LogP contribution in [-0.2, 0) is 19.9 Å². The van der Waals surface area contributed by atoms with Crippen molar-refractivity contribution >= 4 is 11.6 Å². The number of rotatable bonds is 5. The van der Waals surface area contributed by atoms with Crippen LogP contribution >= 0.6 is 11.6 Å². The third-order valence-corrected chi connectivity index (χ3v) is 3.97. The molecule has 0 spiro atoms. The minimum Gasteiger partial charge on any atom is -0.316 e. The Morgan fingerprint density at radius 1 is 1.40 bits per heavy atom. The first kappa shape index (κ1) is 15.0. The molecule has 1 unspecified atom stereocenters. The molecule has 1 aromatic heterocycles. The highest BCUT2D eigenvalue weighted by molar-refractivity contribution is 6.31. The summed E-state index contributed by atoms with van der Waals surface area (Å²) in [6.45, 7) is 1.90. The Hall–Kier alpha value is -1.39. The number of benzene rings is 1. The van der Waals surface area contributed by atoms with Crippen LogP contribution in [-0.4, -0.2) is 22.9 Å². The fourth-order valence-electron chi connectivity index (χ4n) is 2.36. The van der Waals surface area contributed by atoms with E-state index in [1.165, 1.54) is 6.07 Å². The van der Waals surface area contributed by atoms with E-state index >= 15 is 0 Å². The minimum atomic E-state index is -0.202. The molecule has 0 aliphatic rings. The fraction of sp³-hybridized carbons (Fsp3) is 0.400. The van der Waals surface area contributed by atoms with Crippen molar-refractivity contribution in [1.29, 1.82) is 0 Å². The van der Waals surface area contributed by atoms with E-state index in [4.69, 9.17) is 11.6 Å². The summed E-state index contributed by atoms with van der Waals surface area (Å²) < 4.78 is 15.0. The number of likely N-dealkylation sites (N-methyl/N-ethyl adjacent to an activating group) is 1. The zero-order chi connectivity index (χ0) is 14.7. The van der Waals surface area contributed by atoms with Gasteiger partial charge < -0.3 is 5.32 Å². The summed E-state index contributed by atoms with van der Waals surface area (Å²) in [5.41, 5.74) is 2.81. The molecule has 2 rings (SSSR count). The van der Waals surface area contributed by atoms with Crippen molar-refractivity contribution in [2.45, 2.75) is 25.8 Å². The monoisotopic (exact) mass is 295 g/mol. The number of hydrogen-bond acceptors (Lipinski definition) is 2. The molecule has 5 heteroatoms. The number of halogens is 2. The van der Waals surface area contributed by atoms with Crippen molar-refractivity contribution in [2.24, 2.45) is 7.05 Å². The van der Waals surface area contributed by atoms with E-state index < -0.39 is 0 Å². The SMILES string of the molecule is CNC(Cc1cccc(F)c1)Cc1c(Cl)c(C)nn1C. The smallest absolute Gasteiger partial charge is 0.123 e. The third kappa shape index (κ3) is 3.38. The lowest BCUT2D eigenvalue weighted by Crippen LogP contribution is -2.30. The Labute approximate surface area is 123 Å². The summed E-state index contributed by atoms with van der Waals surface area (Å²) in [6, 6.07) is 6.88. The van der Waals surface area contributed by atoms with Crippen LogP contribution in [0.5, 0.6) is 0 Å². The van der Waals surface area contributed by atoms with E-state index in [-0.39, 0.29) is 11.9 Å². The van der Waals surface area contributed by atoms with Crippen LogP contribution in [0.4, 0.5) is 4.39 Å². The van der Waals surface area contributed by atoms with Crippen LogP contribution < -0.4 is 5.32 Å². The Morgan fingerprint density at radius 3 is 2.70 bits per heavy atom. The average Bonchev–Trinajstić information content (AvgIpc) is 2.64. The second-order valence-electron chi connectivity index (χ2n) is 4.99. The van der Waals surface area contributed by atoms with Crippen molar-refractivity contribution < 1.29 is 4.39 Å². The number of nitrogens with zero attached hydrogens (tertiary/aromatic N) is 2. The lowest BCUT2D eigenvalue weighted by Gasteiger charge is -2.16. The highest BCUT2D eigenvalue weighted by Crippen LogP contribution is 2.21. The molecule has 1 heterocycles. The standard InChI is InChI=1S/C15H19ClFN3/c1-10-15(16)14(20(3)19-10)9-13(18-2)8-11-5-4-6-12(17)7-11/h4-7,13,18H,8-9H2,1-3H3. The molecule has 0 fully saturated rings. The second-order valence-corrected chi connectivity index (χ2v) is 5.37. The van der Waals surface area contributed by atoms with Crippen LogP contribution in [0.1, 0.15) is 17.0 Å². The summed E-state index contributed by atoms with van der Waals surface area (Å²) in [6.07, 6.45) is 1.50. The highest BCUT2D eigenvalue weighted by atomic mass is 35.5. The Bertz CT molecular complexity index is 595. The van der Waals surface area contributed by atoms with Gasteiger partial charge in [0.1, 0.15) is 5.82 Å². The predicted octanol–water partition coefficient (Wildman–Crippen LogP) is 2.89. The molecule has 2 aromatic rings. The molecule has 0 saturated heterocycles. The van der Waals surface area contributed by atoms with Crippen LogP contribution in [0.3, 0.4) is 0 Å². The fourth-order valence-corrected chi connectivity index (χ4v) is 2.60. The summed E-state index contributed by atoms with van der Waals surface area (Å²) in [5, 5.41) is 8.29. The van der Waals surface area contributed by atoms with E-state index in [1.54, 1.807) is 12.1 Å². The quantitative estimate of drug-likeness (QED) is 0.919. The number of aryl methyl sites for hydroxylation is 2. The van der Waals surface area contributed by atoms with Gasteiger partial charge in [-0.2, -0.15) is 5.10 Å². The molecule has 1 aromatic carbocycles. The molecule has 0 saturated carbocycles. The number of nitrogens with one attached hydrogen (secondary N) is 1. The lowest BCUT2D eigenvalue weighted by molar-refractivity contribution is 0.531. The molecule has 0 bridgehead atoms. The molecule has 0 radical (unpaired) electrons. The van der Waals surface area contributed by atoms with Gasteiger partial charge in [-0.25, -0.2) is 4.39 Å². The van der Waals surface area contributed by atoms with Crippen LogP contribution in [0, 0.1) is 12.7 Å². The Balaban J connectivity index is 2.13. The van der Waals surface area contributed by atoms with Crippen LogP contribution in [0.2, 0.25) is 5.02 Å². The molecular formula is C15H19ClFN3. The van der Waals surface area contributed by atoms with Crippen molar-refractivity contribution in [2.75, 3.05) is 7.05 Å². The van der Waals surface area contributed by atoms with Gasteiger partial charge in [0.2, 0.25) is 0 Å². The summed E-state index contributed by atoms with van der Waals surface area (Å²) >= 11 is 6.27. The highest BCUT2D eigenvalue weighted by Gasteiger charge is 2.16. The van der Waals surface area contributed by atoms with Gasteiger partial charge in [-0.15, -0.1) is 0 Å². The maximum atomic E-state index is 13.2. The minimum absolute atomic E-state index is 0.184. The zero-order valence-corrected chi connectivity index (χ0v) is 12.7. The molecule has 1 atom stereocenters. The molecule has 1 N–H and O–H groups in total. The lowest BCUT2D eigenvalue weighted by atomic mass is 10.0. The summed E-state index contributed by atoms with van der Waals surface area (Å²) in [4.78, 5) is 0. The van der Waals surface area contributed by atoms with Crippen molar-refractivity contribution in [3.63, 3.8) is 0 Å². The molecular weight excluding hydrogens is 277 g/mol. The molecule has 0 aliphatic carbocycles. The maximum Gasteiger partial charge on any atom is 0.123 e. The van der Waals surface area contributed by atoms with E-state index in [0.29, 0.717) is 5.02 Å². The van der Waals surface area contributed by atoms with Gasteiger partial charge in [0.15, 0.2) is 0 Å². The zero-order valence-electron chi connectivity index (χ0n) is 12.0. The van der Waals surface area contributed by atoms with E-state index in [0.717, 1.165) is 29.8 Å². The average molecular weight is 296 g/mol. The second kappa shape index (κ2) is 6.37. The maximum absolute atomic E-state index is 13.2. The van der Waals surface area contributed by atoms with Gasteiger partial charge in [-0.1, -0.05) is 23.7 Å². The van der Waals surface area contributed by atoms with Gasteiger partial charge in [-0.3, -0.25) is 4.68 Å². The van der Waals surface area contributed by atoms with Gasteiger partial charge >= 0.3 is 0 Å². The molecule has 0 amide bonds. The van der Waals surface area contributed by atoms with Gasteiger partial charge in [0, 0.05) is 19.5 Å². The Kier molecular flexibility index (Phi) is 4.78. The van der Waals surface area contributed by atoms with E-state index in [9.17, 15) is 4.39 Å². The first-order chi connectivity index (χ1) is 9.51. The third-order valence-electron chi connectivity index (χ3n) is 3.48. The van der Waals surface area contributed by atoms with Crippen molar-refractivity contribution in [3.8, 4) is 0 Å². The van der Waals surface area contributed by atoms with Crippen LogP contribution in [0.15, 0.2) is 24.3 Å². The van der Waals surface area contributed by atoms with Gasteiger partial charge in [0.25, 0.3) is 0 Å². The molecule has 3 nitrogen and oxygen atoms in total. The molecule has 0 aliphatic heterocycles. The van der Waals surface area contributed by atoms with Gasteiger partial charge in [0.05, 0.1) is 16.4 Å². The largest absolute Gasteiger partial charge is 0.316 e. The first-order valence-corrected chi connectivity index (χ1v) is 6.98. The van der Waals surface area contributed by atoms with Crippen LogP contribution in [0.25, 0.3) is 0 Å². The topological polar surface area (TPSA) is 29.9 Å². The summed E-state index contributed by atoms with van der Waals surface area (Å²) in [5.74, 6) is -0.202. The number of hydrogen-bond donors (Lipinski definition) is 1. The molecule has 20 heavy (non-hydrogen) atoms. The van der Waals surface area contributed by atoms with Crippen molar-refractivity contribution in [1.82, 2.24) is 15.1 Å². The van der Waals surface area contributed by atoms with Crippen molar-refractivity contribution in [3.05, 3.63) is 52.1 Å². The Morgan fingerprint density at radius 2 is 2.15 bits per heavy atom.